The highest BCUT2D eigenvalue weighted by Crippen LogP contribution is 2.35. The molecule has 4 nitrogen and oxygen atoms in total. The van der Waals surface area contributed by atoms with Crippen LogP contribution in [0.2, 0.25) is 0 Å². The number of rotatable bonds is 4. The number of carbonyl (C=O) groups is 1. The van der Waals surface area contributed by atoms with Gasteiger partial charge in [0, 0.05) is 12.1 Å². The van der Waals surface area contributed by atoms with E-state index < -0.39 is 5.54 Å². The number of hydrogen-bond donors (Lipinski definition) is 2. The lowest BCUT2D eigenvalue weighted by Gasteiger charge is -2.45. The molecule has 3 fully saturated rings. The monoisotopic (exact) mass is 279 g/mol. The van der Waals surface area contributed by atoms with Gasteiger partial charge in [-0.25, -0.2) is 0 Å². The van der Waals surface area contributed by atoms with Gasteiger partial charge in [-0.2, -0.15) is 0 Å². The Kier molecular flexibility index (Phi) is 4.04. The summed E-state index contributed by atoms with van der Waals surface area (Å²) < 4.78 is 0. The van der Waals surface area contributed by atoms with E-state index >= 15 is 0 Å². The Balaban J connectivity index is 1.65. The molecule has 0 aromatic heterocycles. The summed E-state index contributed by atoms with van der Waals surface area (Å²) in [5, 5.41) is 3.58. The van der Waals surface area contributed by atoms with Crippen molar-refractivity contribution in [2.24, 2.45) is 11.7 Å². The second kappa shape index (κ2) is 5.64. The fraction of sp³-hybridized carbons (Fsp3) is 0.938. The van der Waals surface area contributed by atoms with E-state index in [4.69, 9.17) is 5.73 Å². The normalized spacial score (nSPS) is 37.0. The number of piperidine rings is 1. The third kappa shape index (κ3) is 3.01. The first kappa shape index (κ1) is 14.3. The zero-order chi connectivity index (χ0) is 14.2. The number of likely N-dealkylation sites (tertiary alicyclic amines) is 1. The molecule has 2 aliphatic carbocycles. The fourth-order valence-electron chi connectivity index (χ4n) is 4.00. The summed E-state index contributed by atoms with van der Waals surface area (Å²) in [6.07, 6.45) is 9.23. The zero-order valence-electron chi connectivity index (χ0n) is 12.7. The number of nitrogens with zero attached hydrogens (tertiary/aromatic N) is 1. The van der Waals surface area contributed by atoms with Crippen LogP contribution in [0.5, 0.6) is 0 Å². The lowest BCUT2D eigenvalue weighted by Crippen LogP contribution is -2.61. The van der Waals surface area contributed by atoms with Crippen LogP contribution in [-0.4, -0.2) is 41.5 Å². The summed E-state index contributed by atoms with van der Waals surface area (Å²) in [4.78, 5) is 14.7. The number of primary amides is 1. The van der Waals surface area contributed by atoms with E-state index in [1.807, 2.05) is 0 Å². The van der Waals surface area contributed by atoms with Crippen molar-refractivity contribution in [3.63, 3.8) is 0 Å². The fourth-order valence-corrected chi connectivity index (χ4v) is 4.00. The van der Waals surface area contributed by atoms with Gasteiger partial charge in [0.25, 0.3) is 0 Å². The quantitative estimate of drug-likeness (QED) is 0.822. The van der Waals surface area contributed by atoms with Gasteiger partial charge in [-0.15, -0.1) is 0 Å². The van der Waals surface area contributed by atoms with Gasteiger partial charge in [0.2, 0.25) is 5.91 Å². The number of hydrogen-bond acceptors (Lipinski definition) is 3. The molecule has 1 saturated heterocycles. The smallest absolute Gasteiger partial charge is 0.237 e. The maximum Gasteiger partial charge on any atom is 0.237 e. The van der Waals surface area contributed by atoms with E-state index in [1.165, 1.54) is 45.2 Å². The highest BCUT2D eigenvalue weighted by Gasteiger charge is 2.45. The Hall–Kier alpha value is -0.610. The van der Waals surface area contributed by atoms with E-state index in [0.717, 1.165) is 25.2 Å². The van der Waals surface area contributed by atoms with Crippen molar-refractivity contribution in [1.82, 2.24) is 10.2 Å². The van der Waals surface area contributed by atoms with Crippen LogP contribution in [-0.2, 0) is 4.79 Å². The largest absolute Gasteiger partial charge is 0.368 e. The maximum atomic E-state index is 12.1. The minimum absolute atomic E-state index is 0.125. The molecule has 0 spiro atoms. The molecule has 0 aromatic rings. The van der Waals surface area contributed by atoms with Crippen molar-refractivity contribution >= 4 is 5.91 Å². The van der Waals surface area contributed by atoms with Crippen LogP contribution in [0.1, 0.15) is 58.3 Å². The molecule has 4 heteroatoms. The Morgan fingerprint density at radius 1 is 1.20 bits per heavy atom. The molecule has 0 radical (unpaired) electrons. The molecule has 1 heterocycles. The standard InChI is InChI=1S/C16H29N3O/c1-12-6-9-19(10-7-12)14-3-2-8-16(11-14,15(17)20)18-13-4-5-13/h12-14,18H,2-11H2,1H3,(H2,17,20). The Morgan fingerprint density at radius 2 is 1.90 bits per heavy atom. The van der Waals surface area contributed by atoms with Crippen LogP contribution >= 0.6 is 0 Å². The van der Waals surface area contributed by atoms with Crippen molar-refractivity contribution in [1.29, 1.82) is 0 Å². The van der Waals surface area contributed by atoms with E-state index in [2.05, 4.69) is 17.1 Å². The van der Waals surface area contributed by atoms with E-state index in [9.17, 15) is 4.79 Å². The van der Waals surface area contributed by atoms with Crippen LogP contribution in [0, 0.1) is 5.92 Å². The molecular formula is C16H29N3O. The van der Waals surface area contributed by atoms with Crippen molar-refractivity contribution in [2.45, 2.75) is 75.9 Å². The van der Waals surface area contributed by atoms with Crippen LogP contribution in [0.15, 0.2) is 0 Å². The van der Waals surface area contributed by atoms with E-state index in [1.54, 1.807) is 0 Å². The molecule has 2 atom stereocenters. The van der Waals surface area contributed by atoms with Gasteiger partial charge in [-0.3, -0.25) is 4.79 Å². The van der Waals surface area contributed by atoms with Gasteiger partial charge in [0.1, 0.15) is 0 Å². The summed E-state index contributed by atoms with van der Waals surface area (Å²) >= 11 is 0. The van der Waals surface area contributed by atoms with Crippen LogP contribution in [0.4, 0.5) is 0 Å². The van der Waals surface area contributed by atoms with Crippen LogP contribution in [0.25, 0.3) is 0 Å². The summed E-state index contributed by atoms with van der Waals surface area (Å²) in [5.41, 5.74) is 5.35. The van der Waals surface area contributed by atoms with Gasteiger partial charge in [0.15, 0.2) is 0 Å². The first-order valence-electron chi connectivity index (χ1n) is 8.41. The van der Waals surface area contributed by atoms with E-state index in [-0.39, 0.29) is 5.91 Å². The Bertz CT molecular complexity index is 361. The predicted molar refractivity (Wildman–Crippen MR) is 80.3 cm³/mol. The first-order chi connectivity index (χ1) is 9.59. The zero-order valence-corrected chi connectivity index (χ0v) is 12.7. The average molecular weight is 279 g/mol. The number of amides is 1. The third-order valence-electron chi connectivity index (χ3n) is 5.59. The summed E-state index contributed by atoms with van der Waals surface area (Å²) in [6.45, 7) is 4.74. The molecule has 0 aromatic carbocycles. The van der Waals surface area contributed by atoms with Crippen molar-refractivity contribution < 1.29 is 4.79 Å². The van der Waals surface area contributed by atoms with Gasteiger partial charge in [0.05, 0.1) is 5.54 Å². The molecular weight excluding hydrogens is 250 g/mol. The molecule has 114 valence electrons. The van der Waals surface area contributed by atoms with Gasteiger partial charge in [-0.05, 0) is 70.4 Å². The van der Waals surface area contributed by atoms with Crippen molar-refractivity contribution in [3.05, 3.63) is 0 Å². The predicted octanol–water partition coefficient (Wildman–Crippen LogP) is 1.64. The summed E-state index contributed by atoms with van der Waals surface area (Å²) in [7, 11) is 0. The minimum Gasteiger partial charge on any atom is -0.368 e. The second-order valence-corrected chi connectivity index (χ2v) is 7.33. The van der Waals surface area contributed by atoms with Crippen molar-refractivity contribution in [2.75, 3.05) is 13.1 Å². The summed E-state index contributed by atoms with van der Waals surface area (Å²) in [6, 6.07) is 1.10. The lowest BCUT2D eigenvalue weighted by atomic mass is 9.77. The maximum absolute atomic E-state index is 12.1. The SMILES string of the molecule is CC1CCN(C2CCCC(NC3CC3)(C(N)=O)C2)CC1. The van der Waals surface area contributed by atoms with Gasteiger partial charge < -0.3 is 16.0 Å². The highest BCUT2D eigenvalue weighted by atomic mass is 16.1. The van der Waals surface area contributed by atoms with Gasteiger partial charge in [-0.1, -0.05) is 6.92 Å². The molecule has 3 N–H and O–H groups in total. The topological polar surface area (TPSA) is 58.4 Å². The number of nitrogens with one attached hydrogen (secondary N) is 1. The Labute approximate surface area is 122 Å². The molecule has 20 heavy (non-hydrogen) atoms. The molecule has 2 unspecified atom stereocenters. The van der Waals surface area contributed by atoms with Crippen LogP contribution in [0.3, 0.4) is 0 Å². The van der Waals surface area contributed by atoms with Crippen molar-refractivity contribution in [3.8, 4) is 0 Å². The summed E-state index contributed by atoms with van der Waals surface area (Å²) in [5.74, 6) is 0.736. The molecule has 0 bridgehead atoms. The van der Waals surface area contributed by atoms with E-state index in [0.29, 0.717) is 12.1 Å². The molecule has 3 rings (SSSR count). The molecule has 1 aliphatic heterocycles. The van der Waals surface area contributed by atoms with Gasteiger partial charge >= 0.3 is 0 Å². The lowest BCUT2D eigenvalue weighted by molar-refractivity contribution is -0.127. The molecule has 1 amide bonds. The first-order valence-corrected chi connectivity index (χ1v) is 8.41. The molecule has 2 saturated carbocycles. The average Bonchev–Trinajstić information content (AvgIpc) is 3.23. The number of nitrogens with two attached hydrogens (primary N) is 1. The third-order valence-corrected chi connectivity index (χ3v) is 5.59. The Morgan fingerprint density at radius 3 is 2.50 bits per heavy atom. The minimum atomic E-state index is -0.423. The highest BCUT2D eigenvalue weighted by molar-refractivity contribution is 5.85. The molecule has 3 aliphatic rings. The number of carbonyl (C=O) groups excluding carboxylic acids is 1. The second-order valence-electron chi connectivity index (χ2n) is 7.33. The van der Waals surface area contributed by atoms with Crippen LogP contribution < -0.4 is 11.1 Å².